The minimum absolute atomic E-state index is 0. The molecule has 0 heterocycles. The van der Waals surface area contributed by atoms with Crippen molar-refractivity contribution >= 4 is 35.0 Å². The van der Waals surface area contributed by atoms with E-state index < -0.39 is 0 Å². The van der Waals surface area contributed by atoms with Gasteiger partial charge in [-0.2, -0.15) is 0 Å². The number of nitrogens with zero attached hydrogens (tertiary/aromatic N) is 2. The smallest absolute Gasteiger partial charge is 0.0639 e. The van der Waals surface area contributed by atoms with Crippen molar-refractivity contribution in [2.45, 2.75) is 297 Å². The average molecular weight is 1010 g/mol. The molecule has 0 saturated carbocycles. The molecule has 2 nitrogen and oxygen atoms in total. The molecule has 0 amide bonds. The molecule has 0 bridgehead atoms. The SMILES string of the molecule is CCCCCCCCCCCCCCCCCC=Cc1cccc(N=C(CCCC)C(CCCCCCCC)=Nc2cccc(C=CCCCCCCCCCCCCCCCCC)c2)c1.[Pd]. The largest absolute Gasteiger partial charge is 0.252 e. The third-order valence-electron chi connectivity index (χ3n) is 13.7. The summed E-state index contributed by atoms with van der Waals surface area (Å²) in [5.74, 6) is 0. The molecule has 3 heteroatoms. The van der Waals surface area contributed by atoms with Crippen LogP contribution in [-0.2, 0) is 20.4 Å². The number of aliphatic imine (C=N–C) groups is 2. The van der Waals surface area contributed by atoms with E-state index in [-0.39, 0.29) is 20.4 Å². The zero-order valence-electron chi connectivity index (χ0n) is 44.8. The van der Waals surface area contributed by atoms with Gasteiger partial charge in [-0.1, -0.05) is 295 Å². The van der Waals surface area contributed by atoms with Crippen LogP contribution < -0.4 is 0 Å². The number of benzene rings is 2. The van der Waals surface area contributed by atoms with E-state index in [1.54, 1.807) is 0 Å². The van der Waals surface area contributed by atoms with Crippen molar-refractivity contribution in [3.05, 3.63) is 71.8 Å². The Bertz CT molecular complexity index is 1480. The van der Waals surface area contributed by atoms with Gasteiger partial charge >= 0.3 is 0 Å². The Balaban J connectivity index is 0.0000224. The molecule has 67 heavy (non-hydrogen) atoms. The van der Waals surface area contributed by atoms with E-state index in [9.17, 15) is 0 Å². The molecule has 0 aliphatic rings. The normalized spacial score (nSPS) is 12.2. The van der Waals surface area contributed by atoms with E-state index in [1.165, 1.54) is 254 Å². The molecular weight excluding hydrogens is 903 g/mol. The Kier molecular flexibility index (Phi) is 46.0. The second kappa shape index (κ2) is 48.9. The van der Waals surface area contributed by atoms with Gasteiger partial charge in [-0.25, -0.2) is 0 Å². The third-order valence-corrected chi connectivity index (χ3v) is 13.7. The molecule has 0 spiro atoms. The summed E-state index contributed by atoms with van der Waals surface area (Å²) in [7, 11) is 0. The molecular formula is C64H108N2Pd. The zero-order valence-corrected chi connectivity index (χ0v) is 46.4. The number of hydrogen-bond donors (Lipinski definition) is 0. The Morgan fingerprint density at radius 2 is 0.597 bits per heavy atom. The quantitative estimate of drug-likeness (QED) is 0.0359. The molecule has 0 aliphatic heterocycles. The van der Waals surface area contributed by atoms with E-state index in [0.717, 1.165) is 49.9 Å². The molecule has 2 rings (SSSR count). The topological polar surface area (TPSA) is 24.7 Å². The van der Waals surface area contributed by atoms with Crippen LogP contribution in [0, 0.1) is 0 Å². The summed E-state index contributed by atoms with van der Waals surface area (Å²) in [5, 5.41) is 0. The predicted octanol–water partition coefficient (Wildman–Crippen LogP) is 23.0. The summed E-state index contributed by atoms with van der Waals surface area (Å²) in [5.41, 5.74) is 6.99. The van der Waals surface area contributed by atoms with E-state index in [2.05, 4.69) is 101 Å². The summed E-state index contributed by atoms with van der Waals surface area (Å²) >= 11 is 0. The van der Waals surface area contributed by atoms with Crippen LogP contribution in [0.2, 0.25) is 0 Å². The molecule has 0 N–H and O–H groups in total. The molecule has 0 unspecified atom stereocenters. The summed E-state index contributed by atoms with van der Waals surface area (Å²) < 4.78 is 0. The molecule has 0 radical (unpaired) electrons. The standard InChI is InChI=1S/C64H108N2.Pd/c1-5-9-13-16-19-21-23-25-27-29-31-33-35-37-39-41-44-49-59-51-47-53-61(57-59)65-63(55-12-8-4)64(56-46-43-18-15-11-7-3)66-62-54-48-52-60(58-62)50-45-42-40-38-36-34-32-30-28-26-24-22-20-17-14-10-6-2;/h44-45,47-54,57-58H,5-43,46,55-56H2,1-4H3;. The van der Waals surface area contributed by atoms with Crippen molar-refractivity contribution in [3.8, 4) is 0 Å². The maximum absolute atomic E-state index is 5.42. The number of unbranched alkanes of at least 4 members (excludes halogenated alkanes) is 36. The van der Waals surface area contributed by atoms with Gasteiger partial charge in [-0.3, -0.25) is 9.98 Å². The minimum atomic E-state index is 0. The molecule has 2 aromatic carbocycles. The van der Waals surface area contributed by atoms with Gasteiger partial charge in [0.15, 0.2) is 0 Å². The van der Waals surface area contributed by atoms with Crippen LogP contribution in [-0.4, -0.2) is 11.4 Å². The van der Waals surface area contributed by atoms with Crippen molar-refractivity contribution in [3.63, 3.8) is 0 Å². The van der Waals surface area contributed by atoms with Gasteiger partial charge in [0.2, 0.25) is 0 Å². The van der Waals surface area contributed by atoms with E-state index in [0.29, 0.717) is 0 Å². The number of allylic oxidation sites excluding steroid dienone is 2. The fraction of sp³-hybridized carbons (Fsp3) is 0.719. The van der Waals surface area contributed by atoms with Crippen LogP contribution in [0.3, 0.4) is 0 Å². The maximum atomic E-state index is 5.42. The van der Waals surface area contributed by atoms with Crippen LogP contribution >= 0.6 is 0 Å². The Morgan fingerprint density at radius 3 is 0.910 bits per heavy atom. The molecule has 384 valence electrons. The Morgan fingerprint density at radius 1 is 0.328 bits per heavy atom. The second-order valence-corrected chi connectivity index (χ2v) is 20.2. The first-order chi connectivity index (χ1) is 32.7. The summed E-state index contributed by atoms with van der Waals surface area (Å²) in [6.07, 6.45) is 66.2. The summed E-state index contributed by atoms with van der Waals surface area (Å²) in [6.45, 7) is 9.21. The first-order valence-corrected chi connectivity index (χ1v) is 29.4. The first-order valence-electron chi connectivity index (χ1n) is 29.4. The Labute approximate surface area is 432 Å². The van der Waals surface area contributed by atoms with Gasteiger partial charge < -0.3 is 0 Å². The Hall–Kier alpha value is -2.08. The number of rotatable bonds is 47. The van der Waals surface area contributed by atoms with Crippen molar-refractivity contribution < 1.29 is 20.4 Å². The minimum Gasteiger partial charge on any atom is -0.252 e. The molecule has 2 aromatic rings. The van der Waals surface area contributed by atoms with E-state index in [4.69, 9.17) is 9.98 Å². The van der Waals surface area contributed by atoms with Gasteiger partial charge in [0, 0.05) is 20.4 Å². The first kappa shape index (κ1) is 62.9. The van der Waals surface area contributed by atoms with Gasteiger partial charge in [0.25, 0.3) is 0 Å². The fourth-order valence-corrected chi connectivity index (χ4v) is 9.36. The van der Waals surface area contributed by atoms with E-state index >= 15 is 0 Å². The van der Waals surface area contributed by atoms with Crippen molar-refractivity contribution in [2.75, 3.05) is 0 Å². The van der Waals surface area contributed by atoms with Crippen LogP contribution in [0.25, 0.3) is 12.2 Å². The predicted molar refractivity (Wildman–Crippen MR) is 302 cm³/mol. The van der Waals surface area contributed by atoms with E-state index in [1.807, 2.05) is 0 Å². The maximum Gasteiger partial charge on any atom is 0.0639 e. The molecule has 0 atom stereocenters. The van der Waals surface area contributed by atoms with Gasteiger partial charge in [0.05, 0.1) is 22.8 Å². The van der Waals surface area contributed by atoms with Crippen LogP contribution in [0.5, 0.6) is 0 Å². The zero-order chi connectivity index (χ0) is 47.1. The summed E-state index contributed by atoms with van der Waals surface area (Å²) in [4.78, 5) is 10.8. The van der Waals surface area contributed by atoms with Gasteiger partial charge in [0.1, 0.15) is 0 Å². The van der Waals surface area contributed by atoms with Crippen LogP contribution in [0.15, 0.2) is 70.7 Å². The molecule has 0 aromatic heterocycles. The van der Waals surface area contributed by atoms with Crippen molar-refractivity contribution in [1.29, 1.82) is 0 Å². The van der Waals surface area contributed by atoms with Gasteiger partial charge in [-0.15, -0.1) is 0 Å². The van der Waals surface area contributed by atoms with Crippen molar-refractivity contribution in [1.82, 2.24) is 0 Å². The third kappa shape index (κ3) is 38.4. The molecule has 0 saturated heterocycles. The fourth-order valence-electron chi connectivity index (χ4n) is 9.36. The second-order valence-electron chi connectivity index (χ2n) is 20.2. The number of hydrogen-bond acceptors (Lipinski definition) is 2. The van der Waals surface area contributed by atoms with Crippen LogP contribution in [0.4, 0.5) is 11.4 Å². The summed E-state index contributed by atoms with van der Waals surface area (Å²) in [6, 6.07) is 17.8. The van der Waals surface area contributed by atoms with Crippen molar-refractivity contribution in [2.24, 2.45) is 9.98 Å². The van der Waals surface area contributed by atoms with Crippen LogP contribution in [0.1, 0.15) is 308 Å². The molecule has 0 fully saturated rings. The van der Waals surface area contributed by atoms with Gasteiger partial charge in [-0.05, 0) is 86.8 Å². The monoisotopic (exact) mass is 1010 g/mol. The molecule has 0 aliphatic carbocycles. The average Bonchev–Trinajstić information content (AvgIpc) is 3.33.